The lowest BCUT2D eigenvalue weighted by atomic mass is 10.2. The standard InChI is InChI=1S/C14H12N4O/c1-2-6-11-10(5-1)15-9-12(19-11)14-17-16-13-7-3-4-8-18(13)14/h1-8,12,15H,9H2. The molecule has 1 atom stereocenters. The summed E-state index contributed by atoms with van der Waals surface area (Å²) in [4.78, 5) is 0. The summed E-state index contributed by atoms with van der Waals surface area (Å²) < 4.78 is 7.96. The highest BCUT2D eigenvalue weighted by Crippen LogP contribution is 2.33. The summed E-state index contributed by atoms with van der Waals surface area (Å²) in [5.41, 5.74) is 1.85. The number of para-hydroxylation sites is 2. The molecule has 1 aliphatic rings. The third kappa shape index (κ3) is 1.62. The van der Waals surface area contributed by atoms with Gasteiger partial charge < -0.3 is 10.1 Å². The van der Waals surface area contributed by atoms with E-state index in [1.54, 1.807) is 0 Å². The van der Waals surface area contributed by atoms with Gasteiger partial charge >= 0.3 is 0 Å². The second-order valence-corrected chi connectivity index (χ2v) is 4.47. The molecule has 0 amide bonds. The largest absolute Gasteiger partial charge is 0.478 e. The minimum absolute atomic E-state index is 0.132. The average Bonchev–Trinajstić information content (AvgIpc) is 2.91. The van der Waals surface area contributed by atoms with E-state index in [1.807, 2.05) is 53.1 Å². The molecule has 0 fully saturated rings. The summed E-state index contributed by atoms with van der Waals surface area (Å²) in [6.07, 6.45) is 1.82. The van der Waals surface area contributed by atoms with Crippen molar-refractivity contribution < 1.29 is 4.74 Å². The minimum Gasteiger partial charge on any atom is -0.478 e. The fraction of sp³-hybridized carbons (Fsp3) is 0.143. The van der Waals surface area contributed by atoms with Gasteiger partial charge in [0, 0.05) is 6.20 Å². The number of ether oxygens (including phenoxy) is 1. The first-order valence-electron chi connectivity index (χ1n) is 6.21. The molecule has 1 aliphatic heterocycles. The molecule has 94 valence electrons. The number of hydrogen-bond donors (Lipinski definition) is 1. The van der Waals surface area contributed by atoms with Crippen molar-refractivity contribution in [3.63, 3.8) is 0 Å². The second-order valence-electron chi connectivity index (χ2n) is 4.47. The number of fused-ring (bicyclic) bond motifs is 2. The molecule has 1 unspecified atom stereocenters. The summed E-state index contributed by atoms with van der Waals surface area (Å²) in [6.45, 7) is 0.687. The molecule has 19 heavy (non-hydrogen) atoms. The monoisotopic (exact) mass is 252 g/mol. The zero-order chi connectivity index (χ0) is 12.7. The van der Waals surface area contributed by atoms with Crippen molar-refractivity contribution in [1.82, 2.24) is 14.6 Å². The van der Waals surface area contributed by atoms with Crippen molar-refractivity contribution in [3.8, 4) is 5.75 Å². The van der Waals surface area contributed by atoms with Crippen LogP contribution in [0.2, 0.25) is 0 Å². The molecule has 0 aliphatic carbocycles. The molecular formula is C14H12N4O. The van der Waals surface area contributed by atoms with E-state index in [4.69, 9.17) is 4.74 Å². The first-order valence-corrected chi connectivity index (χ1v) is 6.21. The van der Waals surface area contributed by atoms with Crippen molar-refractivity contribution in [2.45, 2.75) is 6.10 Å². The van der Waals surface area contributed by atoms with Gasteiger partial charge in [0.2, 0.25) is 0 Å². The van der Waals surface area contributed by atoms with E-state index >= 15 is 0 Å². The molecule has 0 saturated carbocycles. The maximum Gasteiger partial charge on any atom is 0.180 e. The normalized spacial score (nSPS) is 17.6. The maximum absolute atomic E-state index is 6.00. The van der Waals surface area contributed by atoms with Crippen LogP contribution in [0.4, 0.5) is 5.69 Å². The van der Waals surface area contributed by atoms with Crippen LogP contribution in [0.25, 0.3) is 5.65 Å². The van der Waals surface area contributed by atoms with Crippen LogP contribution in [0.3, 0.4) is 0 Å². The van der Waals surface area contributed by atoms with Gasteiger partial charge in [0.1, 0.15) is 5.75 Å². The van der Waals surface area contributed by atoms with Gasteiger partial charge in [0.05, 0.1) is 12.2 Å². The lowest BCUT2D eigenvalue weighted by Crippen LogP contribution is -2.25. The molecular weight excluding hydrogens is 240 g/mol. The van der Waals surface area contributed by atoms with Crippen molar-refractivity contribution in [2.75, 3.05) is 11.9 Å². The Morgan fingerprint density at radius 3 is 3.00 bits per heavy atom. The lowest BCUT2D eigenvalue weighted by Gasteiger charge is -2.26. The van der Waals surface area contributed by atoms with Crippen molar-refractivity contribution in [2.24, 2.45) is 0 Å². The van der Waals surface area contributed by atoms with Crippen LogP contribution in [0, 0.1) is 0 Å². The summed E-state index contributed by atoms with van der Waals surface area (Å²) in [6, 6.07) is 13.8. The van der Waals surface area contributed by atoms with E-state index in [2.05, 4.69) is 15.5 Å². The van der Waals surface area contributed by atoms with Crippen molar-refractivity contribution >= 4 is 11.3 Å². The Morgan fingerprint density at radius 1 is 1.11 bits per heavy atom. The Bertz CT molecular complexity index is 737. The molecule has 0 saturated heterocycles. The predicted molar refractivity (Wildman–Crippen MR) is 71.3 cm³/mol. The Kier molecular flexibility index (Phi) is 2.17. The zero-order valence-corrected chi connectivity index (χ0v) is 10.2. The third-order valence-corrected chi connectivity index (χ3v) is 3.26. The molecule has 0 spiro atoms. The van der Waals surface area contributed by atoms with E-state index in [0.717, 1.165) is 22.9 Å². The minimum atomic E-state index is -0.132. The molecule has 2 aromatic heterocycles. The second kappa shape index (κ2) is 3.98. The number of nitrogens with one attached hydrogen (secondary N) is 1. The third-order valence-electron chi connectivity index (χ3n) is 3.26. The van der Waals surface area contributed by atoms with Gasteiger partial charge in [-0.3, -0.25) is 4.40 Å². The number of aromatic nitrogens is 3. The van der Waals surface area contributed by atoms with Crippen LogP contribution in [-0.2, 0) is 0 Å². The van der Waals surface area contributed by atoms with Crippen molar-refractivity contribution in [1.29, 1.82) is 0 Å². The highest BCUT2D eigenvalue weighted by Gasteiger charge is 2.24. The van der Waals surface area contributed by atoms with Gasteiger partial charge in [-0.15, -0.1) is 10.2 Å². The Labute approximate surface area is 109 Å². The topological polar surface area (TPSA) is 51.5 Å². The Morgan fingerprint density at radius 2 is 2.00 bits per heavy atom. The van der Waals surface area contributed by atoms with Crippen LogP contribution in [0.5, 0.6) is 5.75 Å². The molecule has 0 bridgehead atoms. The van der Waals surface area contributed by atoms with E-state index in [1.165, 1.54) is 0 Å². The smallest absolute Gasteiger partial charge is 0.180 e. The van der Waals surface area contributed by atoms with Gasteiger partial charge in [-0.25, -0.2) is 0 Å². The average molecular weight is 252 g/mol. The maximum atomic E-state index is 6.00. The first-order chi connectivity index (χ1) is 9.42. The van der Waals surface area contributed by atoms with Crippen LogP contribution < -0.4 is 10.1 Å². The molecule has 5 nitrogen and oxygen atoms in total. The molecule has 4 rings (SSSR count). The lowest BCUT2D eigenvalue weighted by molar-refractivity contribution is 0.199. The van der Waals surface area contributed by atoms with Gasteiger partial charge in [-0.1, -0.05) is 18.2 Å². The van der Waals surface area contributed by atoms with Gasteiger partial charge in [0.25, 0.3) is 0 Å². The van der Waals surface area contributed by atoms with Crippen LogP contribution in [0.15, 0.2) is 48.7 Å². The van der Waals surface area contributed by atoms with E-state index in [-0.39, 0.29) is 6.10 Å². The van der Waals surface area contributed by atoms with E-state index in [9.17, 15) is 0 Å². The van der Waals surface area contributed by atoms with E-state index in [0.29, 0.717) is 6.54 Å². The van der Waals surface area contributed by atoms with Crippen LogP contribution in [0.1, 0.15) is 11.9 Å². The first kappa shape index (κ1) is 10.4. The number of benzene rings is 1. The molecule has 1 aromatic carbocycles. The SMILES string of the molecule is c1ccc2c(c1)NCC(c1nnc3ccccn13)O2. The van der Waals surface area contributed by atoms with Gasteiger partial charge in [-0.2, -0.15) is 0 Å². The van der Waals surface area contributed by atoms with Crippen molar-refractivity contribution in [3.05, 3.63) is 54.5 Å². The quantitative estimate of drug-likeness (QED) is 0.722. The van der Waals surface area contributed by atoms with Gasteiger partial charge in [-0.05, 0) is 24.3 Å². The zero-order valence-electron chi connectivity index (χ0n) is 10.2. The Hall–Kier alpha value is -2.56. The number of anilines is 1. The summed E-state index contributed by atoms with van der Waals surface area (Å²) in [5.74, 6) is 1.67. The summed E-state index contributed by atoms with van der Waals surface area (Å²) in [5, 5.41) is 11.8. The summed E-state index contributed by atoms with van der Waals surface area (Å²) >= 11 is 0. The molecule has 3 aromatic rings. The molecule has 1 N–H and O–H groups in total. The molecule has 0 radical (unpaired) electrons. The fourth-order valence-electron chi connectivity index (χ4n) is 2.34. The fourth-order valence-corrected chi connectivity index (χ4v) is 2.34. The predicted octanol–water partition coefficient (Wildman–Crippen LogP) is 2.27. The summed E-state index contributed by atoms with van der Waals surface area (Å²) in [7, 11) is 0. The van der Waals surface area contributed by atoms with Crippen LogP contribution in [-0.4, -0.2) is 21.1 Å². The van der Waals surface area contributed by atoms with E-state index < -0.39 is 0 Å². The highest BCUT2D eigenvalue weighted by molar-refractivity contribution is 5.58. The number of rotatable bonds is 1. The number of pyridine rings is 1. The van der Waals surface area contributed by atoms with Crippen LogP contribution >= 0.6 is 0 Å². The molecule has 5 heteroatoms. The molecule has 3 heterocycles. The van der Waals surface area contributed by atoms with Gasteiger partial charge in [0.15, 0.2) is 17.6 Å². The number of nitrogens with zero attached hydrogens (tertiary/aromatic N) is 3. The Balaban J connectivity index is 1.75. The highest BCUT2D eigenvalue weighted by atomic mass is 16.5. The number of hydrogen-bond acceptors (Lipinski definition) is 4.